The van der Waals surface area contributed by atoms with Crippen molar-refractivity contribution < 1.29 is 8.83 Å². The van der Waals surface area contributed by atoms with Gasteiger partial charge in [0, 0.05) is 64.6 Å². The van der Waals surface area contributed by atoms with Crippen molar-refractivity contribution >= 4 is 103 Å². The van der Waals surface area contributed by atoms with E-state index in [4.69, 9.17) is 8.83 Å². The van der Waals surface area contributed by atoms with E-state index in [1.54, 1.807) is 0 Å². The maximum Gasteiger partial charge on any atom is 0.143 e. The first kappa shape index (κ1) is 27.6. The first-order valence-electron chi connectivity index (χ1n) is 16.8. The third kappa shape index (κ3) is 3.97. The number of rotatable bonds is 4. The topological polar surface area (TPSA) is 29.5 Å². The molecule has 8 aromatic carbocycles. The normalized spacial score (nSPS) is 12.0. The molecule has 0 fully saturated rings. The van der Waals surface area contributed by atoms with Crippen LogP contribution < -0.4 is 4.90 Å². The van der Waals surface area contributed by atoms with Crippen LogP contribution in [0, 0.1) is 0 Å². The van der Waals surface area contributed by atoms with Crippen LogP contribution in [0.2, 0.25) is 0 Å². The number of hydrogen-bond acceptors (Lipinski definition) is 4. The Morgan fingerprint density at radius 1 is 0.420 bits per heavy atom. The minimum absolute atomic E-state index is 0.854. The maximum absolute atomic E-state index is 6.70. The molecule has 3 heterocycles. The van der Waals surface area contributed by atoms with E-state index < -0.39 is 0 Å². The predicted molar refractivity (Wildman–Crippen MR) is 212 cm³/mol. The summed E-state index contributed by atoms with van der Waals surface area (Å²) in [5.41, 5.74) is 9.00. The van der Waals surface area contributed by atoms with Gasteiger partial charge in [-0.25, -0.2) is 0 Å². The number of para-hydroxylation sites is 2. The van der Waals surface area contributed by atoms with Crippen molar-refractivity contribution in [1.29, 1.82) is 0 Å². The van der Waals surface area contributed by atoms with Crippen molar-refractivity contribution in [2.24, 2.45) is 0 Å². The highest BCUT2D eigenvalue weighted by atomic mass is 32.1. The van der Waals surface area contributed by atoms with Gasteiger partial charge in [0.25, 0.3) is 0 Å². The summed E-state index contributed by atoms with van der Waals surface area (Å²) >= 11 is 1.86. The van der Waals surface area contributed by atoms with E-state index in [1.807, 2.05) is 23.5 Å². The molecule has 0 spiro atoms. The monoisotopic (exact) mass is 657 g/mol. The lowest BCUT2D eigenvalue weighted by Gasteiger charge is -2.28. The fourth-order valence-electron chi connectivity index (χ4n) is 7.84. The van der Waals surface area contributed by atoms with Crippen LogP contribution in [0.5, 0.6) is 0 Å². The number of nitrogens with zero attached hydrogens (tertiary/aromatic N) is 1. The summed E-state index contributed by atoms with van der Waals surface area (Å²) < 4.78 is 15.7. The van der Waals surface area contributed by atoms with Crippen LogP contribution in [0.15, 0.2) is 173 Å². The second-order valence-corrected chi connectivity index (χ2v) is 13.9. The van der Waals surface area contributed by atoms with Crippen molar-refractivity contribution in [3.05, 3.63) is 164 Å². The molecule has 0 saturated carbocycles. The fourth-order valence-corrected chi connectivity index (χ4v) is 9.07. The van der Waals surface area contributed by atoms with Crippen LogP contribution in [-0.2, 0) is 0 Å². The molecule has 0 amide bonds. The Kier molecular flexibility index (Phi) is 5.83. The van der Waals surface area contributed by atoms with Gasteiger partial charge in [-0.2, -0.15) is 0 Å². The minimum Gasteiger partial charge on any atom is -0.456 e. The zero-order chi connectivity index (χ0) is 32.8. The molecule has 0 saturated heterocycles. The Morgan fingerprint density at radius 3 is 2.06 bits per heavy atom. The number of fused-ring (bicyclic) bond motifs is 11. The zero-order valence-electron chi connectivity index (χ0n) is 26.8. The lowest BCUT2D eigenvalue weighted by Crippen LogP contribution is -2.11. The quantitative estimate of drug-likeness (QED) is 0.189. The summed E-state index contributed by atoms with van der Waals surface area (Å²) in [6.07, 6.45) is 0. The minimum atomic E-state index is 0.854. The number of thiophene rings is 1. The lowest BCUT2D eigenvalue weighted by atomic mass is 9.98. The van der Waals surface area contributed by atoms with Crippen molar-refractivity contribution in [3.8, 4) is 11.1 Å². The average molecular weight is 658 g/mol. The van der Waals surface area contributed by atoms with Crippen LogP contribution >= 0.6 is 11.3 Å². The van der Waals surface area contributed by atoms with Gasteiger partial charge in [0.15, 0.2) is 0 Å². The van der Waals surface area contributed by atoms with E-state index in [0.717, 1.165) is 77.3 Å². The molecule has 0 N–H and O–H groups in total. The van der Waals surface area contributed by atoms with Gasteiger partial charge in [0.1, 0.15) is 22.3 Å². The second kappa shape index (κ2) is 10.6. The molecule has 0 aliphatic heterocycles. The van der Waals surface area contributed by atoms with Crippen LogP contribution in [0.4, 0.5) is 17.1 Å². The summed E-state index contributed by atoms with van der Waals surface area (Å²) in [6, 6.07) is 58.3. The molecular weight excluding hydrogens is 631 g/mol. The molecule has 0 unspecified atom stereocenters. The average Bonchev–Trinajstić information content (AvgIpc) is 3.87. The standard InChI is InChI=1S/C46H27NO2S/c1-2-12-30-28(11-1)23-25-37-44-39(19-10-21-41(44)49-45(30)37)47(29-24-26-33-32-14-4-7-20-40(32)48-42(33)27-29)38-18-6-3-13-31(38)35-16-9-17-36-34-15-5-8-22-43(34)50-46(35)36/h1-27H. The van der Waals surface area contributed by atoms with Crippen LogP contribution in [-0.4, -0.2) is 0 Å². The molecule has 0 bridgehead atoms. The van der Waals surface area contributed by atoms with Crippen LogP contribution in [0.25, 0.3) is 85.9 Å². The number of anilines is 3. The molecule has 11 rings (SSSR count). The van der Waals surface area contributed by atoms with Gasteiger partial charge in [-0.1, -0.05) is 109 Å². The highest BCUT2D eigenvalue weighted by Crippen LogP contribution is 2.49. The zero-order valence-corrected chi connectivity index (χ0v) is 27.6. The lowest BCUT2D eigenvalue weighted by molar-refractivity contribution is 0.669. The first-order chi connectivity index (χ1) is 24.8. The smallest absolute Gasteiger partial charge is 0.143 e. The second-order valence-electron chi connectivity index (χ2n) is 12.8. The molecule has 11 aromatic rings. The van der Waals surface area contributed by atoms with Crippen LogP contribution in [0.1, 0.15) is 0 Å². The molecule has 0 atom stereocenters. The summed E-state index contributed by atoms with van der Waals surface area (Å²) in [7, 11) is 0. The molecule has 50 heavy (non-hydrogen) atoms. The molecule has 0 aliphatic rings. The molecular formula is C46H27NO2S. The third-order valence-corrected chi connectivity index (χ3v) is 11.3. The Morgan fingerprint density at radius 2 is 1.10 bits per heavy atom. The third-order valence-electron chi connectivity index (χ3n) is 10.1. The van der Waals surface area contributed by atoms with Gasteiger partial charge >= 0.3 is 0 Å². The van der Waals surface area contributed by atoms with Crippen LogP contribution in [0.3, 0.4) is 0 Å². The van der Waals surface area contributed by atoms with Gasteiger partial charge < -0.3 is 13.7 Å². The van der Waals surface area contributed by atoms with E-state index in [0.29, 0.717) is 0 Å². The van der Waals surface area contributed by atoms with E-state index in [-0.39, 0.29) is 0 Å². The summed E-state index contributed by atoms with van der Waals surface area (Å²) in [6.45, 7) is 0. The number of benzene rings is 8. The van der Waals surface area contributed by atoms with Gasteiger partial charge in [-0.3, -0.25) is 0 Å². The predicted octanol–water partition coefficient (Wildman–Crippen LogP) is 14.1. The van der Waals surface area contributed by atoms with Crippen molar-refractivity contribution in [3.63, 3.8) is 0 Å². The Bertz CT molecular complexity index is 3130. The van der Waals surface area contributed by atoms with E-state index >= 15 is 0 Å². The molecule has 0 aliphatic carbocycles. The summed E-state index contributed by atoms with van der Waals surface area (Å²) in [5.74, 6) is 0. The molecule has 4 heteroatoms. The Balaban J connectivity index is 1.23. The first-order valence-corrected chi connectivity index (χ1v) is 17.7. The molecule has 234 valence electrons. The fraction of sp³-hybridized carbons (Fsp3) is 0. The van der Waals surface area contributed by atoms with Gasteiger partial charge in [0.2, 0.25) is 0 Å². The van der Waals surface area contributed by atoms with Crippen molar-refractivity contribution in [2.75, 3.05) is 4.90 Å². The van der Waals surface area contributed by atoms with E-state index in [1.165, 1.54) is 25.7 Å². The van der Waals surface area contributed by atoms with Gasteiger partial charge in [0.05, 0.1) is 16.8 Å². The maximum atomic E-state index is 6.70. The Hall–Kier alpha value is -6.36. The van der Waals surface area contributed by atoms with Crippen molar-refractivity contribution in [1.82, 2.24) is 0 Å². The molecule has 0 radical (unpaired) electrons. The number of hydrogen-bond donors (Lipinski definition) is 0. The van der Waals surface area contributed by atoms with Crippen molar-refractivity contribution in [2.45, 2.75) is 0 Å². The summed E-state index contributed by atoms with van der Waals surface area (Å²) in [5, 5.41) is 9.23. The van der Waals surface area contributed by atoms with E-state index in [9.17, 15) is 0 Å². The van der Waals surface area contributed by atoms with Gasteiger partial charge in [-0.15, -0.1) is 11.3 Å². The van der Waals surface area contributed by atoms with E-state index in [2.05, 4.69) is 157 Å². The Labute approximate surface area is 290 Å². The highest BCUT2D eigenvalue weighted by Gasteiger charge is 2.24. The largest absolute Gasteiger partial charge is 0.456 e. The SMILES string of the molecule is c1ccc(N(c2ccc3c(c2)oc2ccccc23)c2cccc3oc4c5ccccc5ccc4c23)c(-c2cccc3c2sc2ccccc23)c1. The summed E-state index contributed by atoms with van der Waals surface area (Å²) in [4.78, 5) is 2.39. The number of furan rings is 2. The molecule has 3 aromatic heterocycles. The highest BCUT2D eigenvalue weighted by molar-refractivity contribution is 7.26. The van der Waals surface area contributed by atoms with Gasteiger partial charge in [-0.05, 0) is 53.9 Å². The molecule has 3 nitrogen and oxygen atoms in total.